The highest BCUT2D eigenvalue weighted by atomic mass is 35.5. The van der Waals surface area contributed by atoms with Crippen LogP contribution in [-0.4, -0.2) is 58.7 Å². The molecule has 2 heterocycles. The highest BCUT2D eigenvalue weighted by Gasteiger charge is 2.21. The molecule has 1 aromatic heterocycles. The van der Waals surface area contributed by atoms with Crippen molar-refractivity contribution in [1.29, 1.82) is 10.8 Å². The van der Waals surface area contributed by atoms with Crippen molar-refractivity contribution in [2.75, 3.05) is 33.3 Å². The maximum atomic E-state index is 13.7. The molecule has 8 nitrogen and oxygen atoms in total. The second-order valence-corrected chi connectivity index (χ2v) is 6.67. The molecule has 0 amide bonds. The second-order valence-electron chi connectivity index (χ2n) is 6.27. The number of nitrogens with one attached hydrogen (secondary N) is 3. The third-order valence-corrected chi connectivity index (χ3v) is 4.52. The molecule has 3 N–H and O–H groups in total. The average molecular weight is 407 g/mol. The van der Waals surface area contributed by atoms with E-state index in [0.29, 0.717) is 17.9 Å². The molecule has 0 bridgehead atoms. The van der Waals surface area contributed by atoms with Gasteiger partial charge in [-0.25, -0.2) is 13.9 Å². The molecule has 0 aliphatic carbocycles. The summed E-state index contributed by atoms with van der Waals surface area (Å²) in [5, 5.41) is 18.8. The number of piperazine rings is 1. The van der Waals surface area contributed by atoms with E-state index in [1.165, 1.54) is 19.2 Å². The van der Waals surface area contributed by atoms with E-state index in [9.17, 15) is 9.18 Å². The van der Waals surface area contributed by atoms with Crippen molar-refractivity contribution in [2.45, 2.75) is 6.54 Å². The summed E-state index contributed by atoms with van der Waals surface area (Å²) in [5.74, 6) is -0.618. The third-order valence-electron chi connectivity index (χ3n) is 4.41. The van der Waals surface area contributed by atoms with E-state index < -0.39 is 11.4 Å². The minimum Gasteiger partial charge on any atom is -0.493 e. The van der Waals surface area contributed by atoms with E-state index in [-0.39, 0.29) is 22.2 Å². The Balaban J connectivity index is 2.17. The van der Waals surface area contributed by atoms with Gasteiger partial charge >= 0.3 is 0 Å². The van der Waals surface area contributed by atoms with Crippen molar-refractivity contribution >= 4 is 33.5 Å². The summed E-state index contributed by atoms with van der Waals surface area (Å²) in [6, 6.07) is 3.79. The molecule has 10 heteroatoms. The van der Waals surface area contributed by atoms with Crippen LogP contribution in [0.4, 0.5) is 4.39 Å². The van der Waals surface area contributed by atoms with E-state index in [0.717, 1.165) is 42.9 Å². The van der Waals surface area contributed by atoms with E-state index in [4.69, 9.17) is 27.2 Å². The molecule has 3 rings (SSSR count). The van der Waals surface area contributed by atoms with Gasteiger partial charge in [0.05, 0.1) is 24.6 Å². The zero-order chi connectivity index (χ0) is 20.3. The Hall–Kier alpha value is -2.62. The lowest BCUT2D eigenvalue weighted by atomic mass is 10.2. The van der Waals surface area contributed by atoms with Crippen molar-refractivity contribution in [3.63, 3.8) is 0 Å². The monoisotopic (exact) mass is 406 g/mol. The Morgan fingerprint density at radius 3 is 2.75 bits per heavy atom. The first-order valence-corrected chi connectivity index (χ1v) is 9.02. The number of hydrogen-bond acceptors (Lipinski definition) is 7. The topological polar surface area (TPSA) is 107 Å². The fourth-order valence-electron chi connectivity index (χ4n) is 3.06. The van der Waals surface area contributed by atoms with Gasteiger partial charge in [-0.1, -0.05) is 11.6 Å². The normalized spacial score (nSPS) is 15.6. The van der Waals surface area contributed by atoms with Crippen LogP contribution in [0.25, 0.3) is 10.9 Å². The minimum atomic E-state index is -0.580. The molecule has 0 spiro atoms. The van der Waals surface area contributed by atoms with Crippen molar-refractivity contribution in [1.82, 2.24) is 19.8 Å². The second kappa shape index (κ2) is 8.59. The molecule has 0 unspecified atom stereocenters. The Morgan fingerprint density at radius 2 is 2.11 bits per heavy atom. The molecule has 2 aromatic rings. The molecule has 1 fully saturated rings. The number of fused-ring (bicyclic) bond motifs is 1. The van der Waals surface area contributed by atoms with Crippen LogP contribution >= 0.6 is 11.6 Å². The summed E-state index contributed by atoms with van der Waals surface area (Å²) >= 11 is 5.60. The standard InChI is InChI=1S/C18H20ClFN6O2/c1-28-14(9-15(19)21)17(22)26-16(10-25-6-4-23-5-7-25)24-13-3-2-11(20)8-12(13)18(26)27/h2-3,8-9,21-23H,4-7,10H2,1H3/b14-9+,21-15?,22-17?. The van der Waals surface area contributed by atoms with Gasteiger partial charge in [-0.3, -0.25) is 20.5 Å². The van der Waals surface area contributed by atoms with Crippen LogP contribution in [-0.2, 0) is 11.3 Å². The van der Waals surface area contributed by atoms with Crippen LogP contribution in [0.3, 0.4) is 0 Å². The van der Waals surface area contributed by atoms with Crippen LogP contribution < -0.4 is 10.9 Å². The van der Waals surface area contributed by atoms with Gasteiger partial charge in [-0.15, -0.1) is 0 Å². The molecule has 148 valence electrons. The van der Waals surface area contributed by atoms with Crippen LogP contribution in [0.15, 0.2) is 34.8 Å². The van der Waals surface area contributed by atoms with Crippen molar-refractivity contribution in [3.05, 3.63) is 52.0 Å². The number of hydrogen-bond donors (Lipinski definition) is 3. The van der Waals surface area contributed by atoms with Gasteiger partial charge in [0.1, 0.15) is 16.8 Å². The number of methoxy groups -OCH3 is 1. The number of allylic oxidation sites excluding steroid dienone is 2. The van der Waals surface area contributed by atoms with Crippen LogP contribution in [0.2, 0.25) is 0 Å². The fourth-order valence-corrected chi connectivity index (χ4v) is 3.16. The third kappa shape index (κ3) is 4.27. The molecule has 0 atom stereocenters. The Kier molecular flexibility index (Phi) is 6.18. The number of rotatable bonds is 5. The smallest absolute Gasteiger partial charge is 0.267 e. The number of aromatic nitrogens is 2. The minimum absolute atomic E-state index is 0.0604. The first-order chi connectivity index (χ1) is 13.4. The predicted octanol–water partition coefficient (Wildman–Crippen LogP) is 1.51. The molecular weight excluding hydrogens is 387 g/mol. The zero-order valence-electron chi connectivity index (χ0n) is 15.3. The van der Waals surface area contributed by atoms with E-state index >= 15 is 0 Å². The summed E-state index contributed by atoms with van der Waals surface area (Å²) < 4.78 is 19.9. The first kappa shape index (κ1) is 20.1. The summed E-state index contributed by atoms with van der Waals surface area (Å²) in [7, 11) is 1.31. The van der Waals surface area contributed by atoms with Gasteiger partial charge in [0.2, 0.25) is 0 Å². The Labute approximate surface area is 165 Å². The largest absolute Gasteiger partial charge is 0.493 e. The lowest BCUT2D eigenvalue weighted by molar-refractivity contribution is 0.226. The summed E-state index contributed by atoms with van der Waals surface area (Å²) in [5.41, 5.74) is -0.225. The van der Waals surface area contributed by atoms with Crippen LogP contribution in [0.1, 0.15) is 5.82 Å². The van der Waals surface area contributed by atoms with E-state index in [1.807, 2.05) is 0 Å². The number of benzene rings is 1. The molecule has 0 radical (unpaired) electrons. The van der Waals surface area contributed by atoms with Gasteiger partial charge in [0.25, 0.3) is 5.56 Å². The Bertz CT molecular complexity index is 1010. The highest BCUT2D eigenvalue weighted by Crippen LogP contribution is 2.14. The first-order valence-electron chi connectivity index (χ1n) is 8.64. The molecule has 1 aromatic carbocycles. The van der Waals surface area contributed by atoms with Gasteiger partial charge in [0, 0.05) is 32.3 Å². The summed E-state index contributed by atoms with van der Waals surface area (Å²) in [6.07, 6.45) is 1.13. The van der Waals surface area contributed by atoms with Crippen LogP contribution in [0, 0.1) is 16.6 Å². The fraction of sp³-hybridized carbons (Fsp3) is 0.333. The number of halogens is 2. The van der Waals surface area contributed by atoms with Crippen LogP contribution in [0.5, 0.6) is 0 Å². The maximum absolute atomic E-state index is 13.7. The van der Waals surface area contributed by atoms with Gasteiger partial charge < -0.3 is 10.1 Å². The lowest BCUT2D eigenvalue weighted by Gasteiger charge is -2.27. The Morgan fingerprint density at radius 1 is 1.39 bits per heavy atom. The molecule has 0 saturated carbocycles. The SMILES string of the molecule is CO/C(=C/C(=N)Cl)C(=N)n1c(CN2CCNCC2)nc2ccc(F)cc2c1=O. The summed E-state index contributed by atoms with van der Waals surface area (Å²) in [4.78, 5) is 19.7. The zero-order valence-corrected chi connectivity index (χ0v) is 16.0. The van der Waals surface area contributed by atoms with Crippen molar-refractivity contribution in [3.8, 4) is 0 Å². The number of nitrogens with zero attached hydrogens (tertiary/aromatic N) is 3. The van der Waals surface area contributed by atoms with Gasteiger partial charge in [-0.05, 0) is 18.2 Å². The maximum Gasteiger partial charge on any atom is 0.267 e. The molecule has 28 heavy (non-hydrogen) atoms. The summed E-state index contributed by atoms with van der Waals surface area (Å²) in [6.45, 7) is 3.50. The highest BCUT2D eigenvalue weighted by molar-refractivity contribution is 6.67. The predicted molar refractivity (Wildman–Crippen MR) is 106 cm³/mol. The van der Waals surface area contributed by atoms with Crippen molar-refractivity contribution < 1.29 is 9.13 Å². The van der Waals surface area contributed by atoms with E-state index in [1.54, 1.807) is 0 Å². The quantitative estimate of drug-likeness (QED) is 0.396. The molecule has 1 saturated heterocycles. The molecular formula is C18H20ClFN6O2. The molecule has 1 aliphatic rings. The van der Waals surface area contributed by atoms with Gasteiger partial charge in [-0.2, -0.15) is 0 Å². The molecule has 1 aliphatic heterocycles. The number of ether oxygens (including phenoxy) is 1. The average Bonchev–Trinajstić information content (AvgIpc) is 2.67. The lowest BCUT2D eigenvalue weighted by Crippen LogP contribution is -2.44. The van der Waals surface area contributed by atoms with E-state index in [2.05, 4.69) is 15.2 Å². The van der Waals surface area contributed by atoms with Gasteiger partial charge in [0.15, 0.2) is 11.6 Å². The van der Waals surface area contributed by atoms with Crippen molar-refractivity contribution in [2.24, 2.45) is 0 Å².